The highest BCUT2D eigenvalue weighted by Crippen LogP contribution is 2.36. The summed E-state index contributed by atoms with van der Waals surface area (Å²) in [5, 5.41) is 10.1. The molecule has 1 N–H and O–H groups in total. The molecule has 1 aliphatic carbocycles. The zero-order valence-electron chi connectivity index (χ0n) is 8.42. The monoisotopic (exact) mass is 380 g/mol. The average molecular weight is 381 g/mol. The fourth-order valence-electron chi connectivity index (χ4n) is 1.94. The summed E-state index contributed by atoms with van der Waals surface area (Å²) in [6, 6.07) is 6.09. The van der Waals surface area contributed by atoms with Gasteiger partial charge in [-0.3, -0.25) is 0 Å². The summed E-state index contributed by atoms with van der Waals surface area (Å²) in [5.41, 5.74) is 1.07. The van der Waals surface area contributed by atoms with Crippen LogP contribution in [0.4, 0.5) is 0 Å². The van der Waals surface area contributed by atoms with Crippen LogP contribution in [0, 0.1) is 9.49 Å². The number of rotatable bonds is 3. The fraction of sp³-hybridized carbons (Fsp3) is 0.500. The quantitative estimate of drug-likeness (QED) is 0.776. The van der Waals surface area contributed by atoms with E-state index in [1.807, 2.05) is 18.2 Å². The van der Waals surface area contributed by atoms with Gasteiger partial charge >= 0.3 is 0 Å². The summed E-state index contributed by atoms with van der Waals surface area (Å²) in [6.45, 7) is 0. The maximum absolute atomic E-state index is 10.1. The molecule has 1 atom stereocenters. The van der Waals surface area contributed by atoms with Crippen LogP contribution in [0.3, 0.4) is 0 Å². The largest absolute Gasteiger partial charge is 0.388 e. The number of aliphatic hydroxyl groups excluding tert-OH is 1. The molecular weight excluding hydrogens is 367 g/mol. The highest BCUT2D eigenvalue weighted by Gasteiger charge is 2.22. The van der Waals surface area contributed by atoms with Gasteiger partial charge in [-0.1, -0.05) is 35.2 Å². The third kappa shape index (κ3) is 2.94. The Morgan fingerprint density at radius 3 is 2.80 bits per heavy atom. The van der Waals surface area contributed by atoms with Crippen molar-refractivity contribution in [2.24, 2.45) is 5.92 Å². The molecule has 0 aromatic heterocycles. The molecule has 0 spiro atoms. The Morgan fingerprint density at radius 1 is 1.47 bits per heavy atom. The summed E-state index contributed by atoms with van der Waals surface area (Å²) in [4.78, 5) is 0. The Bertz CT molecular complexity index is 349. The lowest BCUT2D eigenvalue weighted by atomic mass is 9.80. The molecule has 0 heterocycles. The summed E-state index contributed by atoms with van der Waals surface area (Å²) in [7, 11) is 0. The Morgan fingerprint density at radius 2 is 2.20 bits per heavy atom. The third-order valence-electron chi connectivity index (χ3n) is 3.10. The van der Waals surface area contributed by atoms with Crippen molar-refractivity contribution in [3.8, 4) is 0 Å². The van der Waals surface area contributed by atoms with E-state index in [4.69, 9.17) is 0 Å². The van der Waals surface area contributed by atoms with Crippen molar-refractivity contribution in [2.75, 3.05) is 0 Å². The number of aliphatic hydroxyl groups is 1. The molecule has 1 nitrogen and oxygen atoms in total. The van der Waals surface area contributed by atoms with Crippen LogP contribution in [0.5, 0.6) is 0 Å². The average Bonchev–Trinajstić information content (AvgIpc) is 2.15. The SMILES string of the molecule is OC(CC1CCC1)c1cc(Br)ccc1I. The minimum absolute atomic E-state index is 0.292. The maximum Gasteiger partial charge on any atom is 0.0803 e. The normalized spacial score (nSPS) is 18.6. The van der Waals surface area contributed by atoms with Crippen molar-refractivity contribution in [3.63, 3.8) is 0 Å². The molecule has 82 valence electrons. The van der Waals surface area contributed by atoms with Crippen LogP contribution in [-0.4, -0.2) is 5.11 Å². The van der Waals surface area contributed by atoms with Crippen molar-refractivity contribution >= 4 is 38.5 Å². The van der Waals surface area contributed by atoms with Gasteiger partial charge in [0.1, 0.15) is 0 Å². The van der Waals surface area contributed by atoms with Crippen LogP contribution in [0.2, 0.25) is 0 Å². The van der Waals surface area contributed by atoms with Gasteiger partial charge in [0.05, 0.1) is 6.10 Å². The first kappa shape index (κ1) is 11.9. The Balaban J connectivity index is 2.09. The molecule has 1 aromatic carbocycles. The van der Waals surface area contributed by atoms with Crippen molar-refractivity contribution in [2.45, 2.75) is 31.8 Å². The fourth-order valence-corrected chi connectivity index (χ4v) is 3.01. The van der Waals surface area contributed by atoms with Gasteiger partial charge in [0, 0.05) is 8.04 Å². The van der Waals surface area contributed by atoms with E-state index in [9.17, 15) is 5.11 Å². The van der Waals surface area contributed by atoms with Crippen LogP contribution in [-0.2, 0) is 0 Å². The highest BCUT2D eigenvalue weighted by atomic mass is 127. The van der Waals surface area contributed by atoms with Gasteiger partial charge in [0.2, 0.25) is 0 Å². The lowest BCUT2D eigenvalue weighted by molar-refractivity contribution is 0.118. The lowest BCUT2D eigenvalue weighted by Crippen LogP contribution is -2.15. The Hall–Kier alpha value is 0.390. The van der Waals surface area contributed by atoms with Crippen LogP contribution >= 0.6 is 38.5 Å². The highest BCUT2D eigenvalue weighted by molar-refractivity contribution is 14.1. The van der Waals surface area contributed by atoms with Crippen molar-refractivity contribution in [1.29, 1.82) is 0 Å². The van der Waals surface area contributed by atoms with Gasteiger partial charge in [-0.05, 0) is 58.7 Å². The first-order valence-electron chi connectivity index (χ1n) is 5.30. The predicted octanol–water partition coefficient (Wildman–Crippen LogP) is 4.28. The van der Waals surface area contributed by atoms with Gasteiger partial charge in [-0.25, -0.2) is 0 Å². The molecule has 1 aliphatic rings. The summed E-state index contributed by atoms with van der Waals surface area (Å²) in [5.74, 6) is 0.745. The smallest absolute Gasteiger partial charge is 0.0803 e. The molecule has 0 radical (unpaired) electrons. The molecule has 1 unspecified atom stereocenters. The first-order valence-corrected chi connectivity index (χ1v) is 7.17. The van der Waals surface area contributed by atoms with E-state index in [1.54, 1.807) is 0 Å². The number of benzene rings is 1. The Labute approximate surface area is 113 Å². The van der Waals surface area contributed by atoms with Gasteiger partial charge in [0.15, 0.2) is 0 Å². The van der Waals surface area contributed by atoms with Crippen molar-refractivity contribution in [3.05, 3.63) is 31.8 Å². The van der Waals surface area contributed by atoms with Gasteiger partial charge in [0.25, 0.3) is 0 Å². The predicted molar refractivity (Wildman–Crippen MR) is 73.8 cm³/mol. The molecule has 2 rings (SSSR count). The second-order valence-corrected chi connectivity index (χ2v) is 6.29. The topological polar surface area (TPSA) is 20.2 Å². The third-order valence-corrected chi connectivity index (χ3v) is 4.57. The van der Waals surface area contributed by atoms with Gasteiger partial charge in [-0.2, -0.15) is 0 Å². The molecule has 3 heteroatoms. The van der Waals surface area contributed by atoms with Gasteiger partial charge in [-0.15, -0.1) is 0 Å². The van der Waals surface area contributed by atoms with Crippen LogP contribution in [0.25, 0.3) is 0 Å². The van der Waals surface area contributed by atoms with E-state index >= 15 is 0 Å². The molecule has 1 aromatic rings. The van der Waals surface area contributed by atoms with E-state index in [0.717, 1.165) is 25.9 Å². The molecule has 1 saturated carbocycles. The van der Waals surface area contributed by atoms with E-state index < -0.39 is 0 Å². The van der Waals surface area contributed by atoms with E-state index in [0.29, 0.717) is 0 Å². The number of hydrogen-bond acceptors (Lipinski definition) is 1. The zero-order valence-corrected chi connectivity index (χ0v) is 12.2. The first-order chi connectivity index (χ1) is 7.16. The minimum Gasteiger partial charge on any atom is -0.388 e. The second kappa shape index (κ2) is 5.15. The van der Waals surface area contributed by atoms with E-state index in [2.05, 4.69) is 38.5 Å². The molecule has 0 aliphatic heterocycles. The summed E-state index contributed by atoms with van der Waals surface area (Å²) < 4.78 is 2.20. The molecule has 0 amide bonds. The summed E-state index contributed by atoms with van der Waals surface area (Å²) in [6.07, 6.45) is 4.56. The second-order valence-electron chi connectivity index (χ2n) is 4.21. The van der Waals surface area contributed by atoms with Gasteiger partial charge < -0.3 is 5.11 Å². The lowest BCUT2D eigenvalue weighted by Gasteiger charge is -2.28. The molecule has 0 bridgehead atoms. The molecule has 0 saturated heterocycles. The zero-order chi connectivity index (χ0) is 10.8. The van der Waals surface area contributed by atoms with Crippen LogP contribution in [0.15, 0.2) is 22.7 Å². The molecular formula is C12H14BrIO. The van der Waals surface area contributed by atoms with E-state index in [1.165, 1.54) is 19.3 Å². The maximum atomic E-state index is 10.1. The standard InChI is InChI=1S/C12H14BrIO/c13-9-4-5-11(14)10(7-9)12(15)6-8-2-1-3-8/h4-5,7-8,12,15H,1-3,6H2. The number of hydrogen-bond donors (Lipinski definition) is 1. The van der Waals surface area contributed by atoms with Crippen molar-refractivity contribution in [1.82, 2.24) is 0 Å². The molecule has 15 heavy (non-hydrogen) atoms. The van der Waals surface area contributed by atoms with E-state index in [-0.39, 0.29) is 6.10 Å². The summed E-state index contributed by atoms with van der Waals surface area (Å²) >= 11 is 5.74. The number of halogens is 2. The van der Waals surface area contributed by atoms with Crippen molar-refractivity contribution < 1.29 is 5.11 Å². The van der Waals surface area contributed by atoms with Crippen LogP contribution in [0.1, 0.15) is 37.4 Å². The van der Waals surface area contributed by atoms with Crippen LogP contribution < -0.4 is 0 Å². The minimum atomic E-state index is -0.292. The molecule has 1 fully saturated rings. The Kier molecular flexibility index (Phi) is 4.07.